The molecule has 2 saturated heterocycles. The summed E-state index contributed by atoms with van der Waals surface area (Å²) >= 11 is 6.60. The van der Waals surface area contributed by atoms with Crippen molar-refractivity contribution in [3.05, 3.63) is 52.5 Å². The molecule has 34 heavy (non-hydrogen) atoms. The van der Waals surface area contributed by atoms with Crippen LogP contribution in [0.15, 0.2) is 46.3 Å². The number of aliphatic imine (C=N–C) groups is 1. The number of guanidine groups is 1. The first kappa shape index (κ1) is 23.1. The fourth-order valence-electron chi connectivity index (χ4n) is 4.09. The summed E-state index contributed by atoms with van der Waals surface area (Å²) < 4.78 is 33.0. The standard InChI is InChI=1S/C23H26ClN5O4S/c24-21-19(2-1-3-20(21)34(31,32)29-10-12-33-13-11-29)27-18-7-6-16(14-17(18)15-4-5-15)22(30)28-23-25-8-9-26-23/h1-3,6-7,14-15,27H,4-5,8-13H2,(H2,25,26,28,30). The van der Waals surface area contributed by atoms with Gasteiger partial charge in [0.1, 0.15) is 4.90 Å². The number of ether oxygens (including phenoxy) is 1. The number of benzene rings is 2. The summed E-state index contributed by atoms with van der Waals surface area (Å²) in [6.45, 7) is 2.80. The third-order valence-electron chi connectivity index (χ3n) is 6.06. The van der Waals surface area contributed by atoms with Crippen LogP contribution < -0.4 is 16.0 Å². The SMILES string of the molecule is O=C(N=C1NCCN1)c1ccc(Nc2cccc(S(=O)(=O)N3CCOCC3)c2Cl)c(C2CC2)c1. The van der Waals surface area contributed by atoms with Crippen molar-refractivity contribution in [2.45, 2.75) is 23.7 Å². The normalized spacial score (nSPS) is 18.8. The highest BCUT2D eigenvalue weighted by atomic mass is 35.5. The Bertz CT molecular complexity index is 1230. The molecule has 0 atom stereocenters. The summed E-state index contributed by atoms with van der Waals surface area (Å²) in [6, 6.07) is 10.4. The van der Waals surface area contributed by atoms with Gasteiger partial charge in [0, 0.05) is 37.4 Å². The first-order valence-electron chi connectivity index (χ1n) is 11.3. The van der Waals surface area contributed by atoms with Crippen LogP contribution in [0.2, 0.25) is 5.02 Å². The monoisotopic (exact) mass is 503 g/mol. The van der Waals surface area contributed by atoms with Crippen molar-refractivity contribution in [3.63, 3.8) is 0 Å². The molecule has 180 valence electrons. The molecule has 0 bridgehead atoms. The lowest BCUT2D eigenvalue weighted by molar-refractivity contribution is 0.0730. The third kappa shape index (κ3) is 4.76. The highest BCUT2D eigenvalue weighted by Crippen LogP contribution is 2.45. The smallest absolute Gasteiger partial charge is 0.280 e. The second kappa shape index (κ2) is 9.53. The minimum absolute atomic E-state index is 0.0632. The molecule has 0 unspecified atom stereocenters. The molecule has 2 heterocycles. The van der Waals surface area contributed by atoms with Gasteiger partial charge in [0.15, 0.2) is 5.96 Å². The number of hydrogen-bond acceptors (Lipinski definition) is 5. The van der Waals surface area contributed by atoms with E-state index in [1.165, 1.54) is 10.4 Å². The molecule has 1 saturated carbocycles. The number of rotatable bonds is 6. The molecule has 1 amide bonds. The van der Waals surface area contributed by atoms with Gasteiger partial charge >= 0.3 is 0 Å². The molecule has 3 aliphatic rings. The predicted octanol–water partition coefficient (Wildman–Crippen LogP) is 2.67. The van der Waals surface area contributed by atoms with Gasteiger partial charge in [-0.15, -0.1) is 0 Å². The van der Waals surface area contributed by atoms with Crippen LogP contribution in [0.25, 0.3) is 0 Å². The number of nitrogens with zero attached hydrogens (tertiary/aromatic N) is 2. The summed E-state index contributed by atoms with van der Waals surface area (Å²) in [6.07, 6.45) is 2.06. The maximum atomic E-state index is 13.2. The van der Waals surface area contributed by atoms with E-state index in [0.717, 1.165) is 37.2 Å². The molecule has 2 aliphatic heterocycles. The molecule has 11 heteroatoms. The van der Waals surface area contributed by atoms with Gasteiger partial charge in [0.25, 0.3) is 5.91 Å². The maximum absolute atomic E-state index is 13.2. The number of morpholine rings is 1. The van der Waals surface area contributed by atoms with E-state index in [0.29, 0.717) is 49.4 Å². The van der Waals surface area contributed by atoms with Crippen LogP contribution in [0.1, 0.15) is 34.7 Å². The summed E-state index contributed by atoms with van der Waals surface area (Å²) in [5.41, 5.74) is 2.80. The second-order valence-electron chi connectivity index (χ2n) is 8.45. The number of carbonyl (C=O) groups excluding carboxylic acids is 1. The summed E-state index contributed by atoms with van der Waals surface area (Å²) in [4.78, 5) is 16.8. The van der Waals surface area contributed by atoms with E-state index in [-0.39, 0.29) is 15.8 Å². The molecule has 0 radical (unpaired) electrons. The molecule has 3 fully saturated rings. The number of carbonyl (C=O) groups is 1. The molecule has 3 N–H and O–H groups in total. The fourth-order valence-corrected chi connectivity index (χ4v) is 6.05. The van der Waals surface area contributed by atoms with Crippen molar-refractivity contribution in [3.8, 4) is 0 Å². The average molecular weight is 504 g/mol. The van der Waals surface area contributed by atoms with E-state index in [2.05, 4.69) is 20.9 Å². The molecular weight excluding hydrogens is 478 g/mol. The van der Waals surface area contributed by atoms with Crippen molar-refractivity contribution in [1.29, 1.82) is 0 Å². The minimum Gasteiger partial charge on any atom is -0.379 e. The van der Waals surface area contributed by atoms with Crippen molar-refractivity contribution in [2.24, 2.45) is 4.99 Å². The van der Waals surface area contributed by atoms with Crippen LogP contribution >= 0.6 is 11.6 Å². The Labute approximate surface area is 203 Å². The second-order valence-corrected chi connectivity index (χ2v) is 10.7. The van der Waals surface area contributed by atoms with Crippen LogP contribution in [0.4, 0.5) is 11.4 Å². The minimum atomic E-state index is -3.74. The molecular formula is C23H26ClN5O4S. The zero-order valence-corrected chi connectivity index (χ0v) is 20.1. The molecule has 1 aliphatic carbocycles. The number of amides is 1. The lowest BCUT2D eigenvalue weighted by Crippen LogP contribution is -2.40. The summed E-state index contributed by atoms with van der Waals surface area (Å²) in [5.74, 6) is 0.511. The Kier molecular flexibility index (Phi) is 6.48. The van der Waals surface area contributed by atoms with Gasteiger partial charge in [-0.25, -0.2) is 8.42 Å². The Balaban J connectivity index is 1.42. The van der Waals surface area contributed by atoms with E-state index in [1.807, 2.05) is 12.1 Å². The van der Waals surface area contributed by atoms with Crippen molar-refractivity contribution in [1.82, 2.24) is 14.9 Å². The zero-order valence-electron chi connectivity index (χ0n) is 18.5. The van der Waals surface area contributed by atoms with Gasteiger partial charge in [-0.2, -0.15) is 9.30 Å². The molecule has 2 aromatic carbocycles. The van der Waals surface area contributed by atoms with E-state index in [9.17, 15) is 13.2 Å². The van der Waals surface area contributed by atoms with Crippen LogP contribution in [-0.2, 0) is 14.8 Å². The molecule has 2 aromatic rings. The lowest BCUT2D eigenvalue weighted by Gasteiger charge is -2.26. The number of hydrogen-bond donors (Lipinski definition) is 3. The summed E-state index contributed by atoms with van der Waals surface area (Å²) in [5, 5.41) is 9.50. The Morgan fingerprint density at radius 1 is 1.09 bits per heavy atom. The van der Waals surface area contributed by atoms with E-state index >= 15 is 0 Å². The number of nitrogens with one attached hydrogen (secondary N) is 3. The first-order chi connectivity index (χ1) is 16.4. The molecule has 9 nitrogen and oxygen atoms in total. The highest BCUT2D eigenvalue weighted by molar-refractivity contribution is 7.89. The van der Waals surface area contributed by atoms with Gasteiger partial charge in [-0.05, 0) is 54.7 Å². The van der Waals surface area contributed by atoms with E-state index < -0.39 is 10.0 Å². The Morgan fingerprint density at radius 2 is 1.82 bits per heavy atom. The van der Waals surface area contributed by atoms with Gasteiger partial charge in [0.05, 0.1) is 23.9 Å². The van der Waals surface area contributed by atoms with Crippen molar-refractivity contribution >= 4 is 44.9 Å². The van der Waals surface area contributed by atoms with Crippen molar-refractivity contribution < 1.29 is 17.9 Å². The van der Waals surface area contributed by atoms with Gasteiger partial charge in [0.2, 0.25) is 10.0 Å². The lowest BCUT2D eigenvalue weighted by atomic mass is 10.0. The Hall–Kier alpha value is -2.66. The average Bonchev–Trinajstić information content (AvgIpc) is 3.57. The van der Waals surface area contributed by atoms with Crippen LogP contribution in [0, 0.1) is 0 Å². The van der Waals surface area contributed by atoms with E-state index in [4.69, 9.17) is 16.3 Å². The quantitative estimate of drug-likeness (QED) is 0.555. The van der Waals surface area contributed by atoms with Gasteiger partial charge < -0.3 is 20.7 Å². The zero-order chi connectivity index (χ0) is 23.7. The van der Waals surface area contributed by atoms with Crippen LogP contribution in [0.5, 0.6) is 0 Å². The van der Waals surface area contributed by atoms with Gasteiger partial charge in [-0.3, -0.25) is 4.79 Å². The van der Waals surface area contributed by atoms with Crippen LogP contribution in [-0.4, -0.2) is 64.0 Å². The highest BCUT2D eigenvalue weighted by Gasteiger charge is 2.30. The molecule has 5 rings (SSSR count). The largest absolute Gasteiger partial charge is 0.379 e. The fraction of sp³-hybridized carbons (Fsp3) is 0.391. The summed E-state index contributed by atoms with van der Waals surface area (Å²) in [7, 11) is -3.74. The Morgan fingerprint density at radius 3 is 2.53 bits per heavy atom. The number of sulfonamides is 1. The van der Waals surface area contributed by atoms with Crippen molar-refractivity contribution in [2.75, 3.05) is 44.7 Å². The number of halogens is 1. The number of anilines is 2. The predicted molar refractivity (Wildman–Crippen MR) is 131 cm³/mol. The van der Waals surface area contributed by atoms with Crippen LogP contribution in [0.3, 0.4) is 0 Å². The molecule has 0 aromatic heterocycles. The van der Waals surface area contributed by atoms with E-state index in [1.54, 1.807) is 18.2 Å². The van der Waals surface area contributed by atoms with Gasteiger partial charge in [-0.1, -0.05) is 17.7 Å². The third-order valence-corrected chi connectivity index (χ3v) is 8.52. The first-order valence-corrected chi connectivity index (χ1v) is 13.1. The topological polar surface area (TPSA) is 112 Å². The molecule has 0 spiro atoms. The maximum Gasteiger partial charge on any atom is 0.280 e.